The van der Waals surface area contributed by atoms with E-state index in [4.69, 9.17) is 5.11 Å². The molecule has 0 radical (unpaired) electrons. The lowest BCUT2D eigenvalue weighted by Crippen LogP contribution is -2.33. The maximum Gasteiger partial charge on any atom is 0.337 e. The van der Waals surface area contributed by atoms with E-state index >= 15 is 0 Å². The van der Waals surface area contributed by atoms with Crippen LogP contribution in [0.5, 0.6) is 0 Å². The number of carbonyl (C=O) groups is 2. The summed E-state index contributed by atoms with van der Waals surface area (Å²) >= 11 is 2.03. The van der Waals surface area contributed by atoms with Crippen molar-refractivity contribution < 1.29 is 14.7 Å². The van der Waals surface area contributed by atoms with Gasteiger partial charge in [0, 0.05) is 10.1 Å². The number of rotatable bonds is 6. The summed E-state index contributed by atoms with van der Waals surface area (Å²) in [5, 5.41) is 14.5. The quantitative estimate of drug-likeness (QED) is 0.651. The van der Waals surface area contributed by atoms with Gasteiger partial charge in [-0.2, -0.15) is 0 Å². The first-order valence-electron chi connectivity index (χ1n) is 6.55. The zero-order chi connectivity index (χ0) is 15.1. The Labute approximate surface area is 132 Å². The molecule has 0 aliphatic carbocycles. The minimum Gasteiger partial charge on any atom is -0.478 e. The Balaban J connectivity index is 2.68. The van der Waals surface area contributed by atoms with Gasteiger partial charge in [-0.25, -0.2) is 9.59 Å². The number of amides is 2. The van der Waals surface area contributed by atoms with Crippen molar-refractivity contribution in [3.63, 3.8) is 0 Å². The average molecular weight is 390 g/mol. The number of hydrogen-bond donors (Lipinski definition) is 3. The Hall–Kier alpha value is -1.31. The van der Waals surface area contributed by atoms with E-state index in [-0.39, 0.29) is 11.6 Å². The summed E-state index contributed by atoms with van der Waals surface area (Å²) in [5.41, 5.74) is 0.398. The Morgan fingerprint density at radius 1 is 1.30 bits per heavy atom. The lowest BCUT2D eigenvalue weighted by atomic mass is 10.0. The highest BCUT2D eigenvalue weighted by Crippen LogP contribution is 2.19. The highest BCUT2D eigenvalue weighted by Gasteiger charge is 2.13. The van der Waals surface area contributed by atoms with Gasteiger partial charge < -0.3 is 15.7 Å². The summed E-state index contributed by atoms with van der Waals surface area (Å²) in [6.07, 6.45) is 2.00. The average Bonchev–Trinajstić information content (AvgIpc) is 2.41. The molecule has 0 aliphatic rings. The Morgan fingerprint density at radius 2 is 1.95 bits per heavy atom. The summed E-state index contributed by atoms with van der Waals surface area (Å²) in [5.74, 6) is -0.616. The van der Waals surface area contributed by atoms with Gasteiger partial charge in [-0.3, -0.25) is 0 Å². The Bertz CT molecular complexity index is 487. The van der Waals surface area contributed by atoms with E-state index in [1.54, 1.807) is 12.1 Å². The second kappa shape index (κ2) is 8.08. The van der Waals surface area contributed by atoms with Crippen molar-refractivity contribution >= 4 is 40.3 Å². The molecule has 0 unspecified atom stereocenters. The molecule has 0 aliphatic heterocycles. The number of carboxylic acid groups (broad SMARTS) is 1. The fourth-order valence-corrected chi connectivity index (χ4v) is 2.27. The van der Waals surface area contributed by atoms with Gasteiger partial charge in [-0.1, -0.05) is 26.7 Å². The fraction of sp³-hybridized carbons (Fsp3) is 0.429. The molecule has 110 valence electrons. The zero-order valence-corrected chi connectivity index (χ0v) is 13.7. The van der Waals surface area contributed by atoms with Crippen molar-refractivity contribution in [1.29, 1.82) is 0 Å². The van der Waals surface area contributed by atoms with Gasteiger partial charge in [-0.15, -0.1) is 0 Å². The second-order valence-corrected chi connectivity index (χ2v) is 5.76. The third-order valence-corrected chi connectivity index (χ3v) is 3.84. The molecule has 0 saturated heterocycles. The van der Waals surface area contributed by atoms with E-state index in [2.05, 4.69) is 24.5 Å². The van der Waals surface area contributed by atoms with Gasteiger partial charge in [0.15, 0.2) is 0 Å². The molecule has 0 atom stereocenters. The molecule has 0 spiro atoms. The van der Waals surface area contributed by atoms with Crippen LogP contribution < -0.4 is 10.6 Å². The fourth-order valence-electron chi connectivity index (χ4n) is 1.78. The molecule has 1 aromatic carbocycles. The van der Waals surface area contributed by atoms with Crippen LogP contribution in [0.4, 0.5) is 10.5 Å². The lowest BCUT2D eigenvalue weighted by molar-refractivity contribution is 0.0698. The SMILES string of the molecule is CCC(CC)CNC(=O)Nc1ccc(I)cc1C(=O)O. The minimum atomic E-state index is -1.06. The normalized spacial score (nSPS) is 10.4. The van der Waals surface area contributed by atoms with Crippen LogP contribution in [0.25, 0.3) is 0 Å². The third kappa shape index (κ3) is 4.99. The molecule has 0 aromatic heterocycles. The van der Waals surface area contributed by atoms with Crippen molar-refractivity contribution in [3.05, 3.63) is 27.3 Å². The monoisotopic (exact) mass is 390 g/mol. The van der Waals surface area contributed by atoms with Crippen LogP contribution in [-0.4, -0.2) is 23.7 Å². The van der Waals surface area contributed by atoms with Gasteiger partial charge >= 0.3 is 12.0 Å². The summed E-state index contributed by atoms with van der Waals surface area (Å²) in [6, 6.07) is 4.51. The summed E-state index contributed by atoms with van der Waals surface area (Å²) in [7, 11) is 0. The first-order valence-corrected chi connectivity index (χ1v) is 7.63. The summed E-state index contributed by atoms with van der Waals surface area (Å²) in [4.78, 5) is 22.9. The molecule has 3 N–H and O–H groups in total. The van der Waals surface area contributed by atoms with Crippen molar-refractivity contribution in [2.24, 2.45) is 5.92 Å². The second-order valence-electron chi connectivity index (χ2n) is 4.51. The summed E-state index contributed by atoms with van der Waals surface area (Å²) in [6.45, 7) is 4.75. The highest BCUT2D eigenvalue weighted by molar-refractivity contribution is 14.1. The van der Waals surface area contributed by atoms with E-state index in [0.29, 0.717) is 18.2 Å². The number of urea groups is 1. The predicted molar refractivity (Wildman–Crippen MR) is 87.2 cm³/mol. The predicted octanol–water partition coefficient (Wildman–Crippen LogP) is 3.55. The third-order valence-electron chi connectivity index (χ3n) is 3.17. The maximum absolute atomic E-state index is 11.8. The number of aromatic carboxylic acids is 1. The molecule has 1 rings (SSSR count). The van der Waals surface area contributed by atoms with E-state index < -0.39 is 5.97 Å². The molecule has 0 saturated carbocycles. The van der Waals surface area contributed by atoms with Crippen LogP contribution in [0.3, 0.4) is 0 Å². The minimum absolute atomic E-state index is 0.0922. The van der Waals surface area contributed by atoms with Gasteiger partial charge in [-0.05, 0) is 46.7 Å². The van der Waals surface area contributed by atoms with Gasteiger partial charge in [0.25, 0.3) is 0 Å². The largest absolute Gasteiger partial charge is 0.478 e. The highest BCUT2D eigenvalue weighted by atomic mass is 127. The molecule has 2 amide bonds. The number of halogens is 1. The summed E-state index contributed by atoms with van der Waals surface area (Å²) < 4.78 is 0.808. The molecule has 20 heavy (non-hydrogen) atoms. The van der Waals surface area contributed by atoms with Gasteiger partial charge in [0.05, 0.1) is 11.3 Å². The van der Waals surface area contributed by atoms with Crippen LogP contribution >= 0.6 is 22.6 Å². The first-order chi connectivity index (χ1) is 9.47. The van der Waals surface area contributed by atoms with Gasteiger partial charge in [0.1, 0.15) is 0 Å². The number of carboxylic acids is 1. The van der Waals surface area contributed by atoms with E-state index in [1.165, 1.54) is 6.07 Å². The molecule has 6 heteroatoms. The van der Waals surface area contributed by atoms with Crippen molar-refractivity contribution in [3.8, 4) is 0 Å². The topological polar surface area (TPSA) is 78.4 Å². The van der Waals surface area contributed by atoms with Crippen LogP contribution in [0, 0.1) is 9.49 Å². The Morgan fingerprint density at radius 3 is 2.50 bits per heavy atom. The number of nitrogens with one attached hydrogen (secondary N) is 2. The van der Waals surface area contributed by atoms with Crippen LogP contribution in [0.15, 0.2) is 18.2 Å². The molecule has 0 heterocycles. The number of anilines is 1. The Kier molecular flexibility index (Phi) is 6.77. The van der Waals surface area contributed by atoms with Crippen molar-refractivity contribution in [2.75, 3.05) is 11.9 Å². The first kappa shape index (κ1) is 16.7. The van der Waals surface area contributed by atoms with Crippen molar-refractivity contribution in [2.45, 2.75) is 26.7 Å². The van der Waals surface area contributed by atoms with Crippen LogP contribution in [-0.2, 0) is 0 Å². The van der Waals surface area contributed by atoms with Crippen LogP contribution in [0.1, 0.15) is 37.0 Å². The van der Waals surface area contributed by atoms with E-state index in [0.717, 1.165) is 16.4 Å². The van der Waals surface area contributed by atoms with E-state index in [9.17, 15) is 9.59 Å². The lowest BCUT2D eigenvalue weighted by Gasteiger charge is -2.14. The maximum atomic E-state index is 11.8. The van der Waals surface area contributed by atoms with Crippen LogP contribution in [0.2, 0.25) is 0 Å². The standard InChI is InChI=1S/C14H19IN2O3/c1-3-9(4-2)8-16-14(20)17-12-6-5-10(15)7-11(12)13(18)19/h5-7,9H,3-4,8H2,1-2H3,(H,18,19)(H2,16,17,20). The number of benzene rings is 1. The molecule has 0 bridgehead atoms. The van der Waals surface area contributed by atoms with Crippen molar-refractivity contribution in [1.82, 2.24) is 5.32 Å². The van der Waals surface area contributed by atoms with E-state index in [1.807, 2.05) is 22.6 Å². The molecular weight excluding hydrogens is 371 g/mol. The molecule has 1 aromatic rings. The zero-order valence-electron chi connectivity index (χ0n) is 11.6. The number of carbonyl (C=O) groups excluding carboxylic acids is 1. The smallest absolute Gasteiger partial charge is 0.337 e. The number of hydrogen-bond acceptors (Lipinski definition) is 2. The molecule has 0 fully saturated rings. The molecule has 5 nitrogen and oxygen atoms in total. The molecular formula is C14H19IN2O3. The van der Waals surface area contributed by atoms with Gasteiger partial charge in [0.2, 0.25) is 0 Å².